The van der Waals surface area contributed by atoms with Crippen LogP contribution < -0.4 is 9.62 Å². The van der Waals surface area contributed by atoms with Gasteiger partial charge in [0.2, 0.25) is 15.9 Å². The molecule has 2 aromatic carbocycles. The van der Waals surface area contributed by atoms with Gasteiger partial charge in [-0.1, -0.05) is 41.4 Å². The molecular formula is C18H20Cl2N2O5S2. The molecular weight excluding hydrogens is 459 g/mol. The number of halogens is 2. The van der Waals surface area contributed by atoms with Crippen LogP contribution >= 0.6 is 23.2 Å². The van der Waals surface area contributed by atoms with Crippen LogP contribution in [0.25, 0.3) is 0 Å². The number of benzene rings is 2. The van der Waals surface area contributed by atoms with Crippen molar-refractivity contribution in [1.29, 1.82) is 0 Å². The second-order valence-corrected chi connectivity index (χ2v) is 11.2. The Morgan fingerprint density at radius 1 is 1.03 bits per heavy atom. The van der Waals surface area contributed by atoms with Crippen molar-refractivity contribution in [3.8, 4) is 0 Å². The number of hydrogen-bond acceptors (Lipinski definition) is 5. The number of amides is 1. The maximum atomic E-state index is 12.5. The van der Waals surface area contributed by atoms with Gasteiger partial charge in [0.15, 0.2) is 9.84 Å². The Labute approximate surface area is 180 Å². The highest BCUT2D eigenvalue weighted by atomic mass is 35.5. The lowest BCUT2D eigenvalue weighted by molar-refractivity contribution is -0.120. The molecule has 0 heterocycles. The van der Waals surface area contributed by atoms with Crippen molar-refractivity contribution in [1.82, 2.24) is 5.32 Å². The molecule has 0 aromatic heterocycles. The molecule has 0 saturated carbocycles. The number of sulfone groups is 1. The van der Waals surface area contributed by atoms with E-state index < -0.39 is 38.4 Å². The van der Waals surface area contributed by atoms with Crippen LogP contribution in [0.15, 0.2) is 47.4 Å². The Balaban J connectivity index is 2.19. The summed E-state index contributed by atoms with van der Waals surface area (Å²) in [6.45, 7) is 1.20. The quantitative estimate of drug-likeness (QED) is 0.658. The largest absolute Gasteiger partial charge is 0.348 e. The highest BCUT2D eigenvalue weighted by molar-refractivity contribution is 7.92. The fourth-order valence-electron chi connectivity index (χ4n) is 2.57. The van der Waals surface area contributed by atoms with Gasteiger partial charge >= 0.3 is 0 Å². The summed E-state index contributed by atoms with van der Waals surface area (Å²) in [6, 6.07) is 10.1. The van der Waals surface area contributed by atoms with Gasteiger partial charge in [0.05, 0.1) is 32.9 Å². The van der Waals surface area contributed by atoms with Crippen LogP contribution in [0, 0.1) is 0 Å². The number of nitrogens with one attached hydrogen (secondary N) is 1. The van der Waals surface area contributed by atoms with Crippen LogP contribution in [0.3, 0.4) is 0 Å². The molecule has 29 heavy (non-hydrogen) atoms. The Morgan fingerprint density at radius 3 is 2.14 bits per heavy atom. The van der Waals surface area contributed by atoms with Crippen LogP contribution in [-0.2, 0) is 24.7 Å². The molecule has 1 amide bonds. The summed E-state index contributed by atoms with van der Waals surface area (Å²) in [7, 11) is -7.13. The topological polar surface area (TPSA) is 101 Å². The Morgan fingerprint density at radius 2 is 1.62 bits per heavy atom. The van der Waals surface area contributed by atoms with Crippen molar-refractivity contribution in [2.45, 2.75) is 17.9 Å². The number of sulfonamides is 1. The molecule has 1 N–H and O–H groups in total. The second-order valence-electron chi connectivity index (χ2n) is 6.47. The highest BCUT2D eigenvalue weighted by Crippen LogP contribution is 2.33. The summed E-state index contributed by atoms with van der Waals surface area (Å²) in [4.78, 5) is 12.7. The normalized spacial score (nSPS) is 13.0. The zero-order valence-corrected chi connectivity index (χ0v) is 19.0. The minimum absolute atomic E-state index is 0.0248. The first-order valence-corrected chi connectivity index (χ1v) is 12.8. The van der Waals surface area contributed by atoms with Crippen LogP contribution in [-0.4, -0.2) is 41.8 Å². The standard InChI is InChI=1S/C18H20Cl2N2O5S2/c1-12(13-7-9-14(10-8-13)28(2,24)25)21-17(23)11-22(29(3,26)27)16-6-4-5-15(19)18(16)20/h4-10,12H,11H2,1-3H3,(H,21,23)/t12-/m1/s1. The maximum absolute atomic E-state index is 12.5. The van der Waals surface area contributed by atoms with Gasteiger partial charge in [0.1, 0.15) is 6.54 Å². The molecule has 158 valence electrons. The van der Waals surface area contributed by atoms with Crippen molar-refractivity contribution in [2.24, 2.45) is 0 Å². The van der Waals surface area contributed by atoms with Gasteiger partial charge in [-0.15, -0.1) is 0 Å². The lowest BCUT2D eigenvalue weighted by Crippen LogP contribution is -2.41. The fraction of sp³-hybridized carbons (Fsp3) is 0.278. The summed E-state index contributed by atoms with van der Waals surface area (Å²) in [5, 5.41) is 2.88. The third kappa shape index (κ3) is 6.08. The molecule has 0 saturated heterocycles. The molecule has 0 spiro atoms. The smallest absolute Gasteiger partial charge is 0.241 e. The first kappa shape index (κ1) is 23.5. The number of carbonyl (C=O) groups is 1. The van der Waals surface area contributed by atoms with Crippen molar-refractivity contribution in [3.63, 3.8) is 0 Å². The van der Waals surface area contributed by atoms with Crippen LogP contribution in [0.4, 0.5) is 5.69 Å². The van der Waals surface area contributed by atoms with Crippen molar-refractivity contribution >= 4 is 54.7 Å². The van der Waals surface area contributed by atoms with Crippen molar-refractivity contribution < 1.29 is 21.6 Å². The van der Waals surface area contributed by atoms with Crippen LogP contribution in [0.1, 0.15) is 18.5 Å². The lowest BCUT2D eigenvalue weighted by atomic mass is 10.1. The van der Waals surface area contributed by atoms with Crippen molar-refractivity contribution in [3.05, 3.63) is 58.1 Å². The Kier molecular flexibility index (Phi) is 7.21. The maximum Gasteiger partial charge on any atom is 0.241 e. The van der Waals surface area contributed by atoms with E-state index in [-0.39, 0.29) is 20.6 Å². The van der Waals surface area contributed by atoms with Gasteiger partial charge < -0.3 is 5.32 Å². The van der Waals surface area contributed by atoms with E-state index in [9.17, 15) is 21.6 Å². The van der Waals surface area contributed by atoms with Gasteiger partial charge in [-0.05, 0) is 36.8 Å². The summed E-state index contributed by atoms with van der Waals surface area (Å²) in [5.41, 5.74) is 0.763. The third-order valence-corrected chi connectivity index (χ3v) is 7.14. The lowest BCUT2D eigenvalue weighted by Gasteiger charge is -2.24. The molecule has 11 heteroatoms. The zero-order chi connectivity index (χ0) is 22.0. The first-order valence-electron chi connectivity index (χ1n) is 8.32. The predicted molar refractivity (Wildman–Crippen MR) is 115 cm³/mol. The predicted octanol–water partition coefficient (Wildman–Crippen LogP) is 3.04. The van der Waals surface area contributed by atoms with E-state index in [1.165, 1.54) is 30.3 Å². The molecule has 0 fully saturated rings. The molecule has 0 bridgehead atoms. The molecule has 2 rings (SSSR count). The molecule has 0 radical (unpaired) electrons. The van der Waals surface area contributed by atoms with E-state index in [0.717, 1.165) is 16.8 Å². The van der Waals surface area contributed by atoms with Crippen LogP contribution in [0.5, 0.6) is 0 Å². The van der Waals surface area contributed by atoms with Crippen LogP contribution in [0.2, 0.25) is 10.0 Å². The monoisotopic (exact) mass is 478 g/mol. The van der Waals surface area contributed by atoms with E-state index in [1.807, 2.05) is 0 Å². The Hall–Kier alpha value is -1.81. The molecule has 1 atom stereocenters. The molecule has 2 aromatic rings. The average Bonchev–Trinajstić information content (AvgIpc) is 2.61. The van der Waals surface area contributed by atoms with Gasteiger partial charge in [0.25, 0.3) is 0 Å². The van der Waals surface area contributed by atoms with E-state index in [2.05, 4.69) is 5.32 Å². The van der Waals surface area contributed by atoms with Gasteiger partial charge in [0, 0.05) is 6.26 Å². The summed E-state index contributed by atoms with van der Waals surface area (Å²) < 4.78 is 48.4. The number of nitrogens with zero attached hydrogens (tertiary/aromatic N) is 1. The van der Waals surface area contributed by atoms with E-state index in [0.29, 0.717) is 5.56 Å². The third-order valence-electron chi connectivity index (χ3n) is 4.07. The average molecular weight is 479 g/mol. The number of carbonyl (C=O) groups excluding carboxylic acids is 1. The summed E-state index contributed by atoms with van der Waals surface area (Å²) in [6.07, 6.45) is 2.07. The summed E-state index contributed by atoms with van der Waals surface area (Å²) in [5.74, 6) is -0.564. The minimum Gasteiger partial charge on any atom is -0.348 e. The molecule has 0 aliphatic carbocycles. The molecule has 0 aliphatic heterocycles. The zero-order valence-electron chi connectivity index (χ0n) is 15.9. The van der Waals surface area contributed by atoms with E-state index in [1.54, 1.807) is 19.1 Å². The minimum atomic E-state index is -3.81. The van der Waals surface area contributed by atoms with Gasteiger partial charge in [-0.25, -0.2) is 16.8 Å². The molecule has 0 unspecified atom stereocenters. The Bertz CT molecular complexity index is 1120. The fourth-order valence-corrected chi connectivity index (χ4v) is 4.51. The van der Waals surface area contributed by atoms with Gasteiger partial charge in [-0.3, -0.25) is 9.10 Å². The number of rotatable bonds is 7. The molecule has 0 aliphatic rings. The highest BCUT2D eigenvalue weighted by Gasteiger charge is 2.24. The number of hydrogen-bond donors (Lipinski definition) is 1. The van der Waals surface area contributed by atoms with Gasteiger partial charge in [-0.2, -0.15) is 0 Å². The second kappa shape index (κ2) is 8.91. The molecule has 7 nitrogen and oxygen atoms in total. The van der Waals surface area contributed by atoms with E-state index in [4.69, 9.17) is 23.2 Å². The number of anilines is 1. The van der Waals surface area contributed by atoms with E-state index >= 15 is 0 Å². The first-order chi connectivity index (χ1) is 13.3. The van der Waals surface area contributed by atoms with Crippen molar-refractivity contribution in [2.75, 3.05) is 23.4 Å². The SMILES string of the molecule is C[C@@H](NC(=O)CN(c1cccc(Cl)c1Cl)S(C)(=O)=O)c1ccc(S(C)(=O)=O)cc1. The summed E-state index contributed by atoms with van der Waals surface area (Å²) >= 11 is 12.1.